The van der Waals surface area contributed by atoms with Crippen molar-refractivity contribution in [1.29, 1.82) is 0 Å². The summed E-state index contributed by atoms with van der Waals surface area (Å²) in [5.74, 6) is -0.387. The number of rotatable bonds is 4. The Morgan fingerprint density at radius 1 is 1.31 bits per heavy atom. The number of aliphatic hydroxyl groups is 2. The van der Waals surface area contributed by atoms with Crippen molar-refractivity contribution in [3.8, 4) is 0 Å². The van der Waals surface area contributed by atoms with E-state index in [9.17, 15) is 14.6 Å². The quantitative estimate of drug-likeness (QED) is 0.822. The lowest BCUT2D eigenvalue weighted by atomic mass is 10.1. The maximum absolute atomic E-state index is 13.7. The van der Waals surface area contributed by atoms with Crippen LogP contribution in [0.4, 0.5) is 10.1 Å². The summed E-state index contributed by atoms with van der Waals surface area (Å²) in [4.78, 5) is 1.61. The molecular weight excluding hydrogens is 209 g/mol. The SMILES string of the molecule is CC(O)CN(C)c1c(F)cccc1C(C)O. The molecule has 0 saturated heterocycles. The van der Waals surface area contributed by atoms with Gasteiger partial charge in [-0.05, 0) is 19.9 Å². The van der Waals surface area contributed by atoms with Crippen molar-refractivity contribution >= 4 is 5.69 Å². The maximum Gasteiger partial charge on any atom is 0.146 e. The van der Waals surface area contributed by atoms with Crippen LogP contribution in [0.1, 0.15) is 25.5 Å². The fraction of sp³-hybridized carbons (Fsp3) is 0.500. The molecule has 0 heterocycles. The van der Waals surface area contributed by atoms with E-state index >= 15 is 0 Å². The highest BCUT2D eigenvalue weighted by molar-refractivity contribution is 5.55. The average Bonchev–Trinajstić information content (AvgIpc) is 2.15. The fourth-order valence-corrected chi connectivity index (χ4v) is 1.76. The van der Waals surface area contributed by atoms with E-state index in [1.54, 1.807) is 37.9 Å². The van der Waals surface area contributed by atoms with Crippen LogP contribution in [0.25, 0.3) is 0 Å². The Kier molecular flexibility index (Phi) is 4.26. The zero-order valence-corrected chi connectivity index (χ0v) is 9.81. The van der Waals surface area contributed by atoms with Crippen molar-refractivity contribution < 1.29 is 14.6 Å². The van der Waals surface area contributed by atoms with Crippen LogP contribution in [-0.2, 0) is 0 Å². The molecule has 0 aliphatic rings. The third-order valence-electron chi connectivity index (χ3n) is 2.39. The van der Waals surface area contributed by atoms with Crippen molar-refractivity contribution in [3.05, 3.63) is 29.6 Å². The number of aliphatic hydroxyl groups excluding tert-OH is 2. The smallest absolute Gasteiger partial charge is 0.146 e. The molecule has 0 amide bonds. The topological polar surface area (TPSA) is 43.7 Å². The van der Waals surface area contributed by atoms with Gasteiger partial charge in [-0.1, -0.05) is 12.1 Å². The fourth-order valence-electron chi connectivity index (χ4n) is 1.76. The predicted molar refractivity (Wildman–Crippen MR) is 62.0 cm³/mol. The molecule has 16 heavy (non-hydrogen) atoms. The number of benzene rings is 1. The summed E-state index contributed by atoms with van der Waals surface area (Å²) in [6.45, 7) is 3.55. The molecule has 0 radical (unpaired) electrons. The highest BCUT2D eigenvalue weighted by Crippen LogP contribution is 2.28. The summed E-state index contributed by atoms with van der Waals surface area (Å²) in [5.41, 5.74) is 0.876. The number of para-hydroxylation sites is 1. The van der Waals surface area contributed by atoms with Gasteiger partial charge in [0.05, 0.1) is 17.9 Å². The zero-order chi connectivity index (χ0) is 12.3. The lowest BCUT2D eigenvalue weighted by molar-refractivity contribution is 0.194. The summed E-state index contributed by atoms with van der Waals surface area (Å²) >= 11 is 0. The van der Waals surface area contributed by atoms with Gasteiger partial charge in [-0.3, -0.25) is 0 Å². The summed E-state index contributed by atoms with van der Waals surface area (Å²) in [6, 6.07) is 4.60. The average molecular weight is 227 g/mol. The van der Waals surface area contributed by atoms with E-state index in [4.69, 9.17) is 0 Å². The zero-order valence-electron chi connectivity index (χ0n) is 9.81. The van der Waals surface area contributed by atoms with Gasteiger partial charge in [0.1, 0.15) is 5.82 Å². The molecule has 0 aliphatic heterocycles. The Morgan fingerprint density at radius 3 is 2.44 bits per heavy atom. The van der Waals surface area contributed by atoms with Crippen molar-refractivity contribution in [2.75, 3.05) is 18.5 Å². The highest BCUT2D eigenvalue weighted by Gasteiger charge is 2.16. The Bertz CT molecular complexity index is 353. The van der Waals surface area contributed by atoms with Gasteiger partial charge in [-0.15, -0.1) is 0 Å². The highest BCUT2D eigenvalue weighted by atomic mass is 19.1. The van der Waals surface area contributed by atoms with E-state index in [1.807, 2.05) is 0 Å². The van der Waals surface area contributed by atoms with E-state index in [0.29, 0.717) is 17.8 Å². The second-order valence-corrected chi connectivity index (χ2v) is 4.08. The lowest BCUT2D eigenvalue weighted by Crippen LogP contribution is -2.28. The number of likely N-dealkylation sites (N-methyl/N-ethyl adjacent to an activating group) is 1. The van der Waals surface area contributed by atoms with Crippen LogP contribution in [0.15, 0.2) is 18.2 Å². The molecule has 90 valence electrons. The van der Waals surface area contributed by atoms with E-state index in [0.717, 1.165) is 0 Å². The van der Waals surface area contributed by atoms with E-state index in [2.05, 4.69) is 0 Å². The molecule has 0 bridgehead atoms. The summed E-state index contributed by atoms with van der Waals surface area (Å²) in [5, 5.41) is 18.8. The van der Waals surface area contributed by atoms with Crippen molar-refractivity contribution in [3.63, 3.8) is 0 Å². The number of nitrogens with zero attached hydrogens (tertiary/aromatic N) is 1. The first-order valence-electron chi connectivity index (χ1n) is 5.29. The molecule has 1 rings (SSSR count). The molecular formula is C12H18FNO2. The van der Waals surface area contributed by atoms with Crippen LogP contribution < -0.4 is 4.90 Å². The molecule has 0 aliphatic carbocycles. The van der Waals surface area contributed by atoms with Crippen molar-refractivity contribution in [1.82, 2.24) is 0 Å². The van der Waals surface area contributed by atoms with Crippen LogP contribution in [0.2, 0.25) is 0 Å². The van der Waals surface area contributed by atoms with E-state index < -0.39 is 12.2 Å². The van der Waals surface area contributed by atoms with Gasteiger partial charge >= 0.3 is 0 Å². The monoisotopic (exact) mass is 227 g/mol. The predicted octanol–water partition coefficient (Wildman–Crippen LogP) is 1.70. The van der Waals surface area contributed by atoms with Crippen LogP contribution >= 0.6 is 0 Å². The number of halogens is 1. The first kappa shape index (κ1) is 12.9. The van der Waals surface area contributed by atoms with Crippen LogP contribution in [0.3, 0.4) is 0 Å². The number of hydrogen-bond acceptors (Lipinski definition) is 3. The number of hydrogen-bond donors (Lipinski definition) is 2. The maximum atomic E-state index is 13.7. The van der Waals surface area contributed by atoms with Gasteiger partial charge in [0.25, 0.3) is 0 Å². The summed E-state index contributed by atoms with van der Waals surface area (Å²) < 4.78 is 13.7. The standard InChI is InChI=1S/C12H18FNO2/c1-8(15)7-14(3)12-10(9(2)16)5-4-6-11(12)13/h4-6,8-9,15-16H,7H2,1-3H3. The minimum Gasteiger partial charge on any atom is -0.392 e. The third-order valence-corrected chi connectivity index (χ3v) is 2.39. The summed E-state index contributed by atoms with van der Waals surface area (Å²) in [6.07, 6.45) is -1.28. The first-order valence-corrected chi connectivity index (χ1v) is 5.29. The van der Waals surface area contributed by atoms with Gasteiger partial charge in [0.2, 0.25) is 0 Å². The molecule has 1 aromatic rings. The summed E-state index contributed by atoms with van der Waals surface area (Å²) in [7, 11) is 1.69. The van der Waals surface area contributed by atoms with Crippen molar-refractivity contribution in [2.24, 2.45) is 0 Å². The Balaban J connectivity index is 3.09. The largest absolute Gasteiger partial charge is 0.392 e. The normalized spacial score (nSPS) is 14.6. The molecule has 4 heteroatoms. The second-order valence-electron chi connectivity index (χ2n) is 4.08. The Hall–Kier alpha value is -1.13. The molecule has 0 fully saturated rings. The minimum absolute atomic E-state index is 0.320. The Labute approximate surface area is 95.1 Å². The van der Waals surface area contributed by atoms with Crippen LogP contribution in [-0.4, -0.2) is 29.9 Å². The van der Waals surface area contributed by atoms with Gasteiger partial charge in [-0.25, -0.2) is 4.39 Å². The molecule has 2 N–H and O–H groups in total. The molecule has 2 unspecified atom stereocenters. The van der Waals surface area contributed by atoms with Gasteiger partial charge in [-0.2, -0.15) is 0 Å². The van der Waals surface area contributed by atoms with Crippen LogP contribution in [0, 0.1) is 5.82 Å². The first-order chi connectivity index (χ1) is 7.43. The van der Waals surface area contributed by atoms with E-state index in [1.165, 1.54) is 6.07 Å². The molecule has 2 atom stereocenters. The van der Waals surface area contributed by atoms with Crippen LogP contribution in [0.5, 0.6) is 0 Å². The molecule has 0 aromatic heterocycles. The van der Waals surface area contributed by atoms with Crippen molar-refractivity contribution in [2.45, 2.75) is 26.1 Å². The molecule has 0 saturated carbocycles. The van der Waals surface area contributed by atoms with E-state index in [-0.39, 0.29) is 5.82 Å². The Morgan fingerprint density at radius 2 is 1.94 bits per heavy atom. The molecule has 1 aromatic carbocycles. The minimum atomic E-state index is -0.734. The van der Waals surface area contributed by atoms with Gasteiger partial charge in [0.15, 0.2) is 0 Å². The third kappa shape index (κ3) is 2.93. The lowest BCUT2D eigenvalue weighted by Gasteiger charge is -2.25. The molecule has 3 nitrogen and oxygen atoms in total. The van der Waals surface area contributed by atoms with Gasteiger partial charge in [0, 0.05) is 19.2 Å². The molecule has 0 spiro atoms. The number of anilines is 1. The van der Waals surface area contributed by atoms with Gasteiger partial charge < -0.3 is 15.1 Å². The second kappa shape index (κ2) is 5.27.